The number of hydrogen-bond acceptors (Lipinski definition) is 6. The first kappa shape index (κ1) is 18.1. The third kappa shape index (κ3) is 4.08. The van der Waals surface area contributed by atoms with Crippen molar-refractivity contribution in [3.05, 3.63) is 56.7 Å². The van der Waals surface area contributed by atoms with E-state index in [0.717, 1.165) is 5.69 Å². The number of aryl methyl sites for hydroxylation is 1. The van der Waals surface area contributed by atoms with Crippen LogP contribution in [-0.4, -0.2) is 45.1 Å². The van der Waals surface area contributed by atoms with E-state index in [1.165, 1.54) is 18.2 Å². The minimum Gasteiger partial charge on any atom is -0.473 e. The van der Waals surface area contributed by atoms with Crippen molar-refractivity contribution in [1.82, 2.24) is 15.1 Å². The number of amides is 1. The molecular formula is C17H17ClN4O4. The fraction of sp³-hybridized carbons (Fsp3) is 0.353. The molecule has 0 atom stereocenters. The summed E-state index contributed by atoms with van der Waals surface area (Å²) in [5.74, 6) is 0.0543. The highest BCUT2D eigenvalue weighted by molar-refractivity contribution is 6.31. The SMILES string of the molecule is Cc1ccc(OC2CCN(C(=O)c3cc(Cl)ccc3[N+](=O)[O-])CC2)nn1. The first-order chi connectivity index (χ1) is 12.4. The van der Waals surface area contributed by atoms with E-state index in [4.69, 9.17) is 16.3 Å². The van der Waals surface area contributed by atoms with Gasteiger partial charge in [-0.05, 0) is 25.1 Å². The summed E-state index contributed by atoms with van der Waals surface area (Å²) in [7, 11) is 0. The molecule has 2 aromatic rings. The number of carbonyl (C=O) groups is 1. The van der Waals surface area contributed by atoms with E-state index in [1.807, 2.05) is 13.0 Å². The maximum absolute atomic E-state index is 12.7. The van der Waals surface area contributed by atoms with Crippen LogP contribution in [-0.2, 0) is 0 Å². The maximum Gasteiger partial charge on any atom is 0.282 e. The lowest BCUT2D eigenvalue weighted by Crippen LogP contribution is -2.42. The van der Waals surface area contributed by atoms with Gasteiger partial charge in [0.25, 0.3) is 11.6 Å². The van der Waals surface area contributed by atoms with Crippen LogP contribution in [0.4, 0.5) is 5.69 Å². The number of hydrogen-bond donors (Lipinski definition) is 0. The van der Waals surface area contributed by atoms with Crippen LogP contribution >= 0.6 is 11.6 Å². The Morgan fingerprint density at radius 2 is 2.00 bits per heavy atom. The van der Waals surface area contributed by atoms with Gasteiger partial charge in [0.15, 0.2) is 0 Å². The molecule has 8 nitrogen and oxygen atoms in total. The largest absolute Gasteiger partial charge is 0.473 e. The second kappa shape index (κ2) is 7.65. The van der Waals surface area contributed by atoms with Crippen molar-refractivity contribution in [3.63, 3.8) is 0 Å². The predicted octanol–water partition coefficient (Wildman–Crippen LogP) is 3.03. The van der Waals surface area contributed by atoms with Crippen LogP contribution in [0.1, 0.15) is 28.9 Å². The van der Waals surface area contributed by atoms with Gasteiger partial charge in [-0.3, -0.25) is 14.9 Å². The van der Waals surface area contributed by atoms with E-state index in [1.54, 1.807) is 11.0 Å². The Labute approximate surface area is 154 Å². The molecule has 2 heterocycles. The van der Waals surface area contributed by atoms with Gasteiger partial charge in [-0.2, -0.15) is 5.10 Å². The van der Waals surface area contributed by atoms with E-state index < -0.39 is 10.8 Å². The van der Waals surface area contributed by atoms with Gasteiger partial charge in [-0.15, -0.1) is 5.10 Å². The van der Waals surface area contributed by atoms with Gasteiger partial charge in [0.05, 0.1) is 10.6 Å². The fourth-order valence-electron chi connectivity index (χ4n) is 2.81. The zero-order chi connectivity index (χ0) is 18.7. The van der Waals surface area contributed by atoms with Gasteiger partial charge < -0.3 is 9.64 Å². The van der Waals surface area contributed by atoms with Gasteiger partial charge in [-0.1, -0.05) is 11.6 Å². The summed E-state index contributed by atoms with van der Waals surface area (Å²) in [5, 5.41) is 19.4. The molecule has 1 aliphatic rings. The van der Waals surface area contributed by atoms with Crippen LogP contribution in [0.25, 0.3) is 0 Å². The van der Waals surface area contributed by atoms with Crippen molar-refractivity contribution in [1.29, 1.82) is 0 Å². The monoisotopic (exact) mass is 376 g/mol. The number of aromatic nitrogens is 2. The zero-order valence-electron chi connectivity index (χ0n) is 14.1. The second-order valence-corrected chi connectivity index (χ2v) is 6.48. The Bertz CT molecular complexity index is 820. The van der Waals surface area contributed by atoms with Crippen LogP contribution in [0.15, 0.2) is 30.3 Å². The average Bonchev–Trinajstić information content (AvgIpc) is 2.63. The molecule has 1 saturated heterocycles. The summed E-state index contributed by atoms with van der Waals surface area (Å²) in [6.45, 7) is 2.72. The standard InChI is InChI=1S/C17H17ClN4O4/c1-11-2-5-16(20-19-11)26-13-6-8-21(9-7-13)17(23)14-10-12(18)3-4-15(14)22(24)25/h2-5,10,13H,6-9H2,1H3. The Kier molecular flexibility index (Phi) is 5.32. The molecule has 1 fully saturated rings. The van der Waals surface area contributed by atoms with E-state index in [-0.39, 0.29) is 22.4 Å². The van der Waals surface area contributed by atoms with Crippen LogP contribution in [0.2, 0.25) is 5.02 Å². The van der Waals surface area contributed by atoms with E-state index in [2.05, 4.69) is 10.2 Å². The highest BCUT2D eigenvalue weighted by Crippen LogP contribution is 2.26. The third-order valence-electron chi connectivity index (χ3n) is 4.18. The number of nitro groups is 1. The molecular weight excluding hydrogens is 360 g/mol. The number of likely N-dealkylation sites (tertiary alicyclic amines) is 1. The minimum atomic E-state index is -0.574. The molecule has 0 unspecified atom stereocenters. The molecule has 0 spiro atoms. The molecule has 1 amide bonds. The summed E-state index contributed by atoms with van der Waals surface area (Å²) in [4.78, 5) is 24.8. The summed E-state index contributed by atoms with van der Waals surface area (Å²) in [6, 6.07) is 7.57. The minimum absolute atomic E-state index is 0.00581. The quantitative estimate of drug-likeness (QED) is 0.600. The predicted molar refractivity (Wildman–Crippen MR) is 94.4 cm³/mol. The normalized spacial score (nSPS) is 14.9. The van der Waals surface area contributed by atoms with Gasteiger partial charge in [0, 0.05) is 43.1 Å². The molecule has 0 radical (unpaired) electrons. The lowest BCUT2D eigenvalue weighted by molar-refractivity contribution is -0.385. The van der Waals surface area contributed by atoms with Crippen molar-refractivity contribution >= 4 is 23.2 Å². The molecule has 0 bridgehead atoms. The molecule has 0 saturated carbocycles. The van der Waals surface area contributed by atoms with Crippen LogP contribution in [0.3, 0.4) is 0 Å². The van der Waals surface area contributed by atoms with E-state index in [9.17, 15) is 14.9 Å². The lowest BCUT2D eigenvalue weighted by atomic mass is 10.1. The number of halogens is 1. The summed E-state index contributed by atoms with van der Waals surface area (Å²) >= 11 is 5.90. The fourth-order valence-corrected chi connectivity index (χ4v) is 2.98. The van der Waals surface area contributed by atoms with Crippen molar-refractivity contribution in [3.8, 4) is 5.88 Å². The summed E-state index contributed by atoms with van der Waals surface area (Å²) in [6.07, 6.45) is 1.14. The lowest BCUT2D eigenvalue weighted by Gasteiger charge is -2.31. The van der Waals surface area contributed by atoms with Gasteiger partial charge in [0.1, 0.15) is 11.7 Å². The Morgan fingerprint density at radius 3 is 2.62 bits per heavy atom. The topological polar surface area (TPSA) is 98.5 Å². The van der Waals surface area contributed by atoms with Gasteiger partial charge in [-0.25, -0.2) is 0 Å². The molecule has 26 heavy (non-hydrogen) atoms. The van der Waals surface area contributed by atoms with Gasteiger partial charge in [0.2, 0.25) is 5.88 Å². The van der Waals surface area contributed by atoms with E-state index in [0.29, 0.717) is 31.8 Å². The highest BCUT2D eigenvalue weighted by Gasteiger charge is 2.29. The third-order valence-corrected chi connectivity index (χ3v) is 4.41. The molecule has 1 aromatic carbocycles. The number of carbonyl (C=O) groups excluding carboxylic acids is 1. The summed E-state index contributed by atoms with van der Waals surface area (Å²) < 4.78 is 5.78. The molecule has 0 aliphatic carbocycles. The van der Waals surface area contributed by atoms with Crippen LogP contribution in [0, 0.1) is 17.0 Å². The summed E-state index contributed by atoms with van der Waals surface area (Å²) in [5.41, 5.74) is 0.569. The smallest absolute Gasteiger partial charge is 0.282 e. The number of rotatable bonds is 4. The second-order valence-electron chi connectivity index (χ2n) is 6.04. The number of benzene rings is 1. The van der Waals surface area contributed by atoms with Crippen molar-refractivity contribution in [2.24, 2.45) is 0 Å². The van der Waals surface area contributed by atoms with E-state index >= 15 is 0 Å². The van der Waals surface area contributed by atoms with Crippen molar-refractivity contribution < 1.29 is 14.5 Å². The highest BCUT2D eigenvalue weighted by atomic mass is 35.5. The number of piperidine rings is 1. The molecule has 9 heteroatoms. The number of nitro benzene ring substituents is 1. The Hall–Kier alpha value is -2.74. The molecule has 136 valence electrons. The zero-order valence-corrected chi connectivity index (χ0v) is 14.8. The molecule has 1 aromatic heterocycles. The van der Waals surface area contributed by atoms with Crippen LogP contribution in [0.5, 0.6) is 5.88 Å². The van der Waals surface area contributed by atoms with Crippen molar-refractivity contribution in [2.75, 3.05) is 13.1 Å². The Balaban J connectivity index is 1.64. The first-order valence-electron chi connectivity index (χ1n) is 8.14. The first-order valence-corrected chi connectivity index (χ1v) is 8.52. The maximum atomic E-state index is 12.7. The number of ether oxygens (including phenoxy) is 1. The van der Waals surface area contributed by atoms with Gasteiger partial charge >= 0.3 is 0 Å². The van der Waals surface area contributed by atoms with Crippen molar-refractivity contribution in [2.45, 2.75) is 25.9 Å². The molecule has 0 N–H and O–H groups in total. The molecule has 1 aliphatic heterocycles. The molecule has 3 rings (SSSR count). The average molecular weight is 377 g/mol. The Morgan fingerprint density at radius 1 is 1.27 bits per heavy atom. The number of nitrogens with zero attached hydrogens (tertiary/aromatic N) is 4. The van der Waals surface area contributed by atoms with Crippen LogP contribution < -0.4 is 4.74 Å².